The largest absolute Gasteiger partial charge is 0.476 e. The third kappa shape index (κ3) is 3.43. The zero-order chi connectivity index (χ0) is 13.0. The van der Waals surface area contributed by atoms with E-state index in [1.807, 2.05) is 6.92 Å². The lowest BCUT2D eigenvalue weighted by Crippen LogP contribution is -2.25. The van der Waals surface area contributed by atoms with Crippen LogP contribution in [0.3, 0.4) is 0 Å². The standard InChI is InChI=1S/C13H20N4O/c1-10-8-11(13(14)15)9-12(16-10)18-7-6-17-4-2-3-5-17/h8-9H,2-7H2,1H3,(H3,14,15). The van der Waals surface area contributed by atoms with Crippen molar-refractivity contribution in [2.45, 2.75) is 19.8 Å². The van der Waals surface area contributed by atoms with Gasteiger partial charge in [-0.05, 0) is 38.9 Å². The number of rotatable bonds is 5. The molecule has 2 heterocycles. The van der Waals surface area contributed by atoms with Crippen molar-refractivity contribution < 1.29 is 4.74 Å². The lowest BCUT2D eigenvalue weighted by atomic mass is 10.2. The fourth-order valence-electron chi connectivity index (χ4n) is 2.15. The highest BCUT2D eigenvalue weighted by atomic mass is 16.5. The Labute approximate surface area is 107 Å². The number of hydrogen-bond donors (Lipinski definition) is 2. The van der Waals surface area contributed by atoms with Crippen molar-refractivity contribution in [3.63, 3.8) is 0 Å². The van der Waals surface area contributed by atoms with Crippen LogP contribution in [0, 0.1) is 12.3 Å². The topological polar surface area (TPSA) is 75.2 Å². The quantitative estimate of drug-likeness (QED) is 0.605. The number of aryl methyl sites for hydroxylation is 1. The minimum absolute atomic E-state index is 0.0462. The van der Waals surface area contributed by atoms with E-state index in [2.05, 4.69) is 9.88 Å². The van der Waals surface area contributed by atoms with Gasteiger partial charge in [-0.1, -0.05) is 0 Å². The molecule has 1 aliphatic heterocycles. The number of hydrogen-bond acceptors (Lipinski definition) is 4. The predicted octanol–water partition coefficient (Wildman–Crippen LogP) is 1.15. The van der Waals surface area contributed by atoms with E-state index in [-0.39, 0.29) is 5.84 Å². The Kier molecular flexibility index (Phi) is 4.15. The summed E-state index contributed by atoms with van der Waals surface area (Å²) in [5.74, 6) is 0.601. The number of aromatic nitrogens is 1. The Morgan fingerprint density at radius 2 is 2.17 bits per heavy atom. The van der Waals surface area contributed by atoms with Crippen LogP contribution in [-0.4, -0.2) is 42.0 Å². The Morgan fingerprint density at radius 1 is 1.44 bits per heavy atom. The van der Waals surface area contributed by atoms with E-state index in [9.17, 15) is 0 Å². The molecule has 0 saturated carbocycles. The number of nitrogens with one attached hydrogen (secondary N) is 1. The molecule has 5 heteroatoms. The van der Waals surface area contributed by atoms with Crippen molar-refractivity contribution in [2.75, 3.05) is 26.2 Å². The molecule has 0 atom stereocenters. The molecule has 0 unspecified atom stereocenters. The van der Waals surface area contributed by atoms with Gasteiger partial charge in [0, 0.05) is 23.9 Å². The van der Waals surface area contributed by atoms with Crippen molar-refractivity contribution in [1.82, 2.24) is 9.88 Å². The normalized spacial score (nSPS) is 15.8. The van der Waals surface area contributed by atoms with Crippen molar-refractivity contribution in [3.8, 4) is 5.88 Å². The molecule has 1 aromatic heterocycles. The first-order chi connectivity index (χ1) is 8.65. The summed E-state index contributed by atoms with van der Waals surface area (Å²) in [6, 6.07) is 3.51. The van der Waals surface area contributed by atoms with Gasteiger partial charge in [0.05, 0.1) is 0 Å². The van der Waals surface area contributed by atoms with Gasteiger partial charge in [-0.2, -0.15) is 0 Å². The highest BCUT2D eigenvalue weighted by Crippen LogP contribution is 2.12. The van der Waals surface area contributed by atoms with E-state index in [1.54, 1.807) is 12.1 Å². The van der Waals surface area contributed by atoms with E-state index in [0.29, 0.717) is 18.1 Å². The summed E-state index contributed by atoms with van der Waals surface area (Å²) in [7, 11) is 0. The molecule has 1 aliphatic rings. The molecular weight excluding hydrogens is 228 g/mol. The van der Waals surface area contributed by atoms with Gasteiger partial charge in [0.2, 0.25) is 5.88 Å². The van der Waals surface area contributed by atoms with Crippen molar-refractivity contribution in [3.05, 3.63) is 23.4 Å². The average molecular weight is 248 g/mol. The molecule has 0 amide bonds. The van der Waals surface area contributed by atoms with Gasteiger partial charge in [-0.15, -0.1) is 0 Å². The maximum absolute atomic E-state index is 7.43. The number of likely N-dealkylation sites (tertiary alicyclic amines) is 1. The summed E-state index contributed by atoms with van der Waals surface area (Å²) in [6.45, 7) is 5.78. The molecule has 1 saturated heterocycles. The fourth-order valence-corrected chi connectivity index (χ4v) is 2.15. The fraction of sp³-hybridized carbons (Fsp3) is 0.538. The summed E-state index contributed by atoms with van der Waals surface area (Å²) in [4.78, 5) is 6.68. The first kappa shape index (κ1) is 12.8. The smallest absolute Gasteiger partial charge is 0.214 e. The number of ether oxygens (including phenoxy) is 1. The Morgan fingerprint density at radius 3 is 2.83 bits per heavy atom. The Bertz CT molecular complexity index is 427. The summed E-state index contributed by atoms with van der Waals surface area (Å²) in [5, 5.41) is 7.43. The average Bonchev–Trinajstić information content (AvgIpc) is 2.81. The molecule has 18 heavy (non-hydrogen) atoms. The third-order valence-corrected chi connectivity index (χ3v) is 3.10. The molecule has 1 fully saturated rings. The van der Waals surface area contributed by atoms with E-state index in [1.165, 1.54) is 25.9 Å². The summed E-state index contributed by atoms with van der Waals surface area (Å²) in [6.07, 6.45) is 2.58. The van der Waals surface area contributed by atoms with Gasteiger partial charge in [0.1, 0.15) is 12.4 Å². The van der Waals surface area contributed by atoms with Crippen LogP contribution in [0.4, 0.5) is 0 Å². The molecule has 1 aromatic rings. The number of nitrogens with zero attached hydrogens (tertiary/aromatic N) is 2. The van der Waals surface area contributed by atoms with Gasteiger partial charge in [-0.25, -0.2) is 4.98 Å². The predicted molar refractivity (Wildman–Crippen MR) is 71.2 cm³/mol. The minimum Gasteiger partial charge on any atom is -0.476 e. The SMILES string of the molecule is Cc1cc(C(=N)N)cc(OCCN2CCCC2)n1. The van der Waals surface area contributed by atoms with Crippen LogP contribution in [0.2, 0.25) is 0 Å². The minimum atomic E-state index is 0.0462. The van der Waals surface area contributed by atoms with E-state index in [0.717, 1.165) is 12.2 Å². The van der Waals surface area contributed by atoms with Crippen molar-refractivity contribution in [2.24, 2.45) is 5.73 Å². The number of amidine groups is 1. The molecule has 5 nitrogen and oxygen atoms in total. The monoisotopic (exact) mass is 248 g/mol. The van der Waals surface area contributed by atoms with E-state index < -0.39 is 0 Å². The Hall–Kier alpha value is -1.62. The zero-order valence-electron chi connectivity index (χ0n) is 10.8. The number of nitrogen functional groups attached to an aromatic ring is 1. The van der Waals surface area contributed by atoms with Crippen LogP contribution in [-0.2, 0) is 0 Å². The van der Waals surface area contributed by atoms with Crippen LogP contribution in [0.5, 0.6) is 5.88 Å². The molecule has 2 rings (SSSR count). The van der Waals surface area contributed by atoms with Gasteiger partial charge in [0.25, 0.3) is 0 Å². The van der Waals surface area contributed by atoms with Gasteiger partial charge >= 0.3 is 0 Å². The second-order valence-corrected chi connectivity index (χ2v) is 4.65. The van der Waals surface area contributed by atoms with E-state index in [4.69, 9.17) is 15.9 Å². The van der Waals surface area contributed by atoms with Crippen LogP contribution >= 0.6 is 0 Å². The molecule has 0 bridgehead atoms. The molecule has 98 valence electrons. The molecular formula is C13H20N4O. The first-order valence-corrected chi connectivity index (χ1v) is 6.33. The second kappa shape index (κ2) is 5.82. The molecule has 3 N–H and O–H groups in total. The highest BCUT2D eigenvalue weighted by Gasteiger charge is 2.11. The molecule has 0 spiro atoms. The highest BCUT2D eigenvalue weighted by molar-refractivity contribution is 5.95. The van der Waals surface area contributed by atoms with Crippen LogP contribution in [0.25, 0.3) is 0 Å². The lowest BCUT2D eigenvalue weighted by molar-refractivity contribution is 0.231. The van der Waals surface area contributed by atoms with Crippen molar-refractivity contribution in [1.29, 1.82) is 5.41 Å². The van der Waals surface area contributed by atoms with Gasteiger partial charge in [-0.3, -0.25) is 10.3 Å². The maximum atomic E-state index is 7.43. The molecule has 0 aliphatic carbocycles. The summed E-state index contributed by atoms with van der Waals surface area (Å²) in [5.41, 5.74) is 6.96. The summed E-state index contributed by atoms with van der Waals surface area (Å²) >= 11 is 0. The lowest BCUT2D eigenvalue weighted by Gasteiger charge is -2.15. The maximum Gasteiger partial charge on any atom is 0.214 e. The molecule has 0 aromatic carbocycles. The van der Waals surface area contributed by atoms with Gasteiger partial charge in [0.15, 0.2) is 0 Å². The first-order valence-electron chi connectivity index (χ1n) is 6.33. The third-order valence-electron chi connectivity index (χ3n) is 3.10. The number of pyridine rings is 1. The zero-order valence-corrected chi connectivity index (χ0v) is 10.8. The number of nitrogens with two attached hydrogens (primary N) is 1. The van der Waals surface area contributed by atoms with Crippen LogP contribution in [0.15, 0.2) is 12.1 Å². The second-order valence-electron chi connectivity index (χ2n) is 4.65. The van der Waals surface area contributed by atoms with Crippen LogP contribution in [0.1, 0.15) is 24.1 Å². The van der Waals surface area contributed by atoms with Crippen molar-refractivity contribution >= 4 is 5.84 Å². The Balaban J connectivity index is 1.89. The van der Waals surface area contributed by atoms with Crippen LogP contribution < -0.4 is 10.5 Å². The molecule has 0 radical (unpaired) electrons. The van der Waals surface area contributed by atoms with E-state index >= 15 is 0 Å². The summed E-state index contributed by atoms with van der Waals surface area (Å²) < 4.78 is 5.63. The van der Waals surface area contributed by atoms with Gasteiger partial charge < -0.3 is 10.5 Å².